The molecule has 2 heterocycles. The van der Waals surface area contributed by atoms with E-state index in [1.165, 1.54) is 19.1 Å². The second-order valence-electron chi connectivity index (χ2n) is 7.87. The lowest BCUT2D eigenvalue weighted by molar-refractivity contribution is -0.180. The van der Waals surface area contributed by atoms with Crippen molar-refractivity contribution < 1.29 is 26.3 Å². The van der Waals surface area contributed by atoms with Crippen LogP contribution in [0, 0.1) is 13.8 Å². The number of pyridine rings is 1. The molecule has 1 N–H and O–H groups in total. The van der Waals surface area contributed by atoms with Crippen LogP contribution in [0.4, 0.5) is 32.2 Å². The van der Waals surface area contributed by atoms with Gasteiger partial charge in [-0.2, -0.15) is 26.3 Å². The summed E-state index contributed by atoms with van der Waals surface area (Å²) < 4.78 is 80.9. The monoisotopic (exact) mass is 486 g/mol. The molecular formula is C23H24F6N4O. The number of fused-ring (bicyclic) bond motifs is 1. The average molecular weight is 486 g/mol. The summed E-state index contributed by atoms with van der Waals surface area (Å²) in [4.78, 5) is 20.8. The summed E-state index contributed by atoms with van der Waals surface area (Å²) in [6.07, 6.45) is -8.44. The van der Waals surface area contributed by atoms with Gasteiger partial charge in [0.2, 0.25) is 0 Å². The summed E-state index contributed by atoms with van der Waals surface area (Å²) in [6.45, 7) is 6.84. The Balaban J connectivity index is 0.00000158. The van der Waals surface area contributed by atoms with E-state index in [2.05, 4.69) is 15.3 Å². The molecule has 3 aromatic rings. The van der Waals surface area contributed by atoms with Crippen molar-refractivity contribution in [3.8, 4) is 0 Å². The first-order valence-electron chi connectivity index (χ1n) is 10.7. The summed E-state index contributed by atoms with van der Waals surface area (Å²) in [5.74, 6) is 0.394. The number of rotatable bonds is 4. The maximum atomic E-state index is 13.6. The summed E-state index contributed by atoms with van der Waals surface area (Å²) in [5.41, 5.74) is -3.31. The molecule has 0 atom stereocenters. The first-order chi connectivity index (χ1) is 15.8. The van der Waals surface area contributed by atoms with Gasteiger partial charge in [-0.3, -0.25) is 9.36 Å². The molecule has 0 aliphatic heterocycles. The molecule has 1 saturated carbocycles. The summed E-state index contributed by atoms with van der Waals surface area (Å²) in [7, 11) is 0. The third-order valence-electron chi connectivity index (χ3n) is 5.75. The summed E-state index contributed by atoms with van der Waals surface area (Å²) in [6, 6.07) is 4.81. The first-order valence-corrected chi connectivity index (χ1v) is 10.7. The van der Waals surface area contributed by atoms with Gasteiger partial charge in [0.05, 0.1) is 16.5 Å². The number of nitrogens with zero attached hydrogens (tertiary/aromatic N) is 3. The van der Waals surface area contributed by atoms with E-state index in [1.807, 2.05) is 13.8 Å². The van der Waals surface area contributed by atoms with Crippen molar-refractivity contribution in [3.63, 3.8) is 0 Å². The van der Waals surface area contributed by atoms with Gasteiger partial charge in [0.25, 0.3) is 5.56 Å². The van der Waals surface area contributed by atoms with Crippen molar-refractivity contribution in [2.45, 2.75) is 65.0 Å². The predicted octanol–water partition coefficient (Wildman–Crippen LogP) is 6.12. The van der Waals surface area contributed by atoms with Crippen LogP contribution >= 0.6 is 0 Å². The predicted molar refractivity (Wildman–Crippen MR) is 117 cm³/mol. The van der Waals surface area contributed by atoms with Crippen LogP contribution in [0.1, 0.15) is 49.2 Å². The highest BCUT2D eigenvalue weighted by molar-refractivity contribution is 5.88. The molecule has 0 amide bonds. The van der Waals surface area contributed by atoms with Crippen LogP contribution < -0.4 is 10.9 Å². The Kier molecular flexibility index (Phi) is 6.69. The number of halogens is 6. The van der Waals surface area contributed by atoms with Gasteiger partial charge in [0.1, 0.15) is 17.2 Å². The van der Waals surface area contributed by atoms with Crippen LogP contribution in [0.2, 0.25) is 0 Å². The van der Waals surface area contributed by atoms with Crippen LogP contribution in [0.25, 0.3) is 10.9 Å². The van der Waals surface area contributed by atoms with Gasteiger partial charge >= 0.3 is 12.4 Å². The number of alkyl halides is 6. The van der Waals surface area contributed by atoms with Gasteiger partial charge in [0.15, 0.2) is 0 Å². The zero-order valence-corrected chi connectivity index (χ0v) is 19.0. The normalized spacial score (nSPS) is 15.0. The van der Waals surface area contributed by atoms with Crippen molar-refractivity contribution in [1.29, 1.82) is 0 Å². The van der Waals surface area contributed by atoms with Crippen LogP contribution in [0.15, 0.2) is 35.3 Å². The van der Waals surface area contributed by atoms with Crippen LogP contribution in [-0.4, -0.2) is 20.7 Å². The fourth-order valence-corrected chi connectivity index (χ4v) is 3.83. The Hall–Kier alpha value is -3.11. The van der Waals surface area contributed by atoms with E-state index in [0.717, 1.165) is 18.3 Å². The second kappa shape index (κ2) is 8.92. The minimum Gasteiger partial charge on any atom is -0.365 e. The number of benzene rings is 1. The lowest BCUT2D eigenvalue weighted by Crippen LogP contribution is -2.41. The number of anilines is 1. The number of hydrogen-bond acceptors (Lipinski definition) is 4. The lowest BCUT2D eigenvalue weighted by atomic mass is 10.0. The molecule has 0 saturated heterocycles. The van der Waals surface area contributed by atoms with Crippen molar-refractivity contribution in [2.24, 2.45) is 0 Å². The van der Waals surface area contributed by atoms with Crippen LogP contribution in [0.3, 0.4) is 0 Å². The SMILES string of the molecule is CC.Cc1nc(NCc2cccc(C(F)(F)F)c2C)c2cn(C3(C(F)(F)F)CC3)c(=O)cc2n1. The molecule has 0 unspecified atom stereocenters. The molecule has 184 valence electrons. The van der Waals surface area contributed by atoms with Crippen molar-refractivity contribution in [3.05, 3.63) is 63.3 Å². The molecule has 1 fully saturated rings. The highest BCUT2D eigenvalue weighted by atomic mass is 19.4. The zero-order valence-electron chi connectivity index (χ0n) is 19.0. The number of aromatic nitrogens is 3. The smallest absolute Gasteiger partial charge is 0.365 e. The lowest BCUT2D eigenvalue weighted by Gasteiger charge is -2.22. The van der Waals surface area contributed by atoms with Crippen LogP contribution in [-0.2, 0) is 18.3 Å². The largest absolute Gasteiger partial charge is 0.416 e. The van der Waals surface area contributed by atoms with Crippen LogP contribution in [0.5, 0.6) is 0 Å². The van der Waals surface area contributed by atoms with Gasteiger partial charge in [0, 0.05) is 18.8 Å². The van der Waals surface area contributed by atoms with E-state index in [-0.39, 0.29) is 47.5 Å². The third-order valence-corrected chi connectivity index (χ3v) is 5.75. The number of nitrogens with one attached hydrogen (secondary N) is 1. The molecule has 0 spiro atoms. The fraction of sp³-hybridized carbons (Fsp3) is 0.435. The molecule has 0 radical (unpaired) electrons. The highest BCUT2D eigenvalue weighted by Gasteiger charge is 2.65. The molecule has 5 nitrogen and oxygen atoms in total. The maximum Gasteiger partial charge on any atom is 0.416 e. The van der Waals surface area contributed by atoms with Gasteiger partial charge in [-0.25, -0.2) is 9.97 Å². The van der Waals surface area contributed by atoms with E-state index in [1.54, 1.807) is 6.92 Å². The number of aryl methyl sites for hydroxylation is 1. The molecule has 4 rings (SSSR count). The minimum atomic E-state index is -4.60. The zero-order chi connectivity index (χ0) is 25.5. The standard InChI is InChI=1S/C21H18F6N4O.C2H6/c1-11-13(4-3-5-15(11)20(22,23)24)9-28-18-14-10-31(19(6-7-19)21(25,26)27)17(32)8-16(14)29-12(2)30-18;1-2/h3-5,8,10H,6-7,9H2,1-2H3,(H,28,29,30);1-2H3. The fourth-order valence-electron chi connectivity index (χ4n) is 3.83. The van der Waals surface area contributed by atoms with Gasteiger partial charge in [-0.05, 0) is 43.9 Å². The van der Waals surface area contributed by atoms with Crippen molar-refractivity contribution >= 4 is 16.7 Å². The Bertz CT molecular complexity index is 1260. The van der Waals surface area contributed by atoms with Crippen molar-refractivity contribution in [1.82, 2.24) is 14.5 Å². The Morgan fingerprint density at radius 1 is 1.06 bits per heavy atom. The molecule has 1 aliphatic rings. The average Bonchev–Trinajstić information content (AvgIpc) is 3.55. The molecule has 2 aromatic heterocycles. The van der Waals surface area contributed by atoms with E-state index in [0.29, 0.717) is 10.1 Å². The first kappa shape index (κ1) is 25.5. The van der Waals surface area contributed by atoms with E-state index < -0.39 is 29.0 Å². The Labute approximate surface area is 191 Å². The highest BCUT2D eigenvalue weighted by Crippen LogP contribution is 2.54. The molecule has 1 aromatic carbocycles. The van der Waals surface area contributed by atoms with E-state index >= 15 is 0 Å². The van der Waals surface area contributed by atoms with E-state index in [4.69, 9.17) is 0 Å². The van der Waals surface area contributed by atoms with Gasteiger partial charge < -0.3 is 5.32 Å². The minimum absolute atomic E-state index is 0.0356. The summed E-state index contributed by atoms with van der Waals surface area (Å²) in [5, 5.41) is 3.08. The molecule has 0 bridgehead atoms. The van der Waals surface area contributed by atoms with Gasteiger partial charge in [-0.15, -0.1) is 0 Å². The molecule has 11 heteroatoms. The second-order valence-corrected chi connectivity index (χ2v) is 7.87. The molecule has 1 aliphatic carbocycles. The Morgan fingerprint density at radius 2 is 1.71 bits per heavy atom. The quantitative estimate of drug-likeness (QED) is 0.452. The number of hydrogen-bond donors (Lipinski definition) is 1. The maximum absolute atomic E-state index is 13.6. The van der Waals surface area contributed by atoms with Gasteiger partial charge in [-0.1, -0.05) is 26.0 Å². The van der Waals surface area contributed by atoms with E-state index in [9.17, 15) is 31.1 Å². The summed E-state index contributed by atoms with van der Waals surface area (Å²) >= 11 is 0. The molecule has 34 heavy (non-hydrogen) atoms. The Morgan fingerprint density at radius 3 is 2.26 bits per heavy atom. The topological polar surface area (TPSA) is 59.8 Å². The molecular weight excluding hydrogens is 462 g/mol. The van der Waals surface area contributed by atoms with Crippen molar-refractivity contribution in [2.75, 3.05) is 5.32 Å². The third kappa shape index (κ3) is 4.60.